The molecule has 33 heavy (non-hydrogen) atoms. The molecule has 0 unspecified atom stereocenters. The summed E-state index contributed by atoms with van der Waals surface area (Å²) in [4.78, 5) is 28.6. The number of aromatic nitrogens is 3. The second kappa shape index (κ2) is 10.2. The van der Waals surface area contributed by atoms with Crippen molar-refractivity contribution in [2.75, 3.05) is 24.8 Å². The van der Waals surface area contributed by atoms with Gasteiger partial charge in [-0.25, -0.2) is 14.3 Å². The molecule has 0 aliphatic heterocycles. The van der Waals surface area contributed by atoms with E-state index in [0.29, 0.717) is 22.9 Å². The summed E-state index contributed by atoms with van der Waals surface area (Å²) >= 11 is 1.32. The van der Waals surface area contributed by atoms with Crippen molar-refractivity contribution in [1.29, 1.82) is 0 Å². The van der Waals surface area contributed by atoms with Crippen LogP contribution in [0.15, 0.2) is 71.9 Å². The van der Waals surface area contributed by atoms with Crippen LogP contribution < -0.4 is 10.1 Å². The van der Waals surface area contributed by atoms with Gasteiger partial charge in [-0.1, -0.05) is 11.8 Å². The molecule has 0 radical (unpaired) electrons. The van der Waals surface area contributed by atoms with Gasteiger partial charge in [0.15, 0.2) is 5.65 Å². The average molecular weight is 463 g/mol. The summed E-state index contributed by atoms with van der Waals surface area (Å²) in [5.41, 5.74) is 3.53. The number of methoxy groups -OCH3 is 1. The van der Waals surface area contributed by atoms with Crippen molar-refractivity contribution in [1.82, 2.24) is 14.6 Å². The third-order valence-electron chi connectivity index (χ3n) is 4.71. The molecule has 0 aliphatic carbocycles. The van der Waals surface area contributed by atoms with E-state index in [4.69, 9.17) is 9.47 Å². The summed E-state index contributed by atoms with van der Waals surface area (Å²) < 4.78 is 11.9. The summed E-state index contributed by atoms with van der Waals surface area (Å²) in [6.07, 6.45) is 1.85. The predicted molar refractivity (Wildman–Crippen MR) is 127 cm³/mol. The Kier molecular flexibility index (Phi) is 6.89. The number of amides is 1. The van der Waals surface area contributed by atoms with Gasteiger partial charge in [-0.3, -0.25) is 4.79 Å². The Bertz CT molecular complexity index is 1270. The van der Waals surface area contributed by atoms with E-state index in [1.165, 1.54) is 11.8 Å². The Hall–Kier alpha value is -3.85. The van der Waals surface area contributed by atoms with Crippen molar-refractivity contribution in [3.05, 3.63) is 72.4 Å². The third-order valence-corrected chi connectivity index (χ3v) is 5.63. The van der Waals surface area contributed by atoms with Gasteiger partial charge in [0.1, 0.15) is 10.8 Å². The zero-order chi connectivity index (χ0) is 23.2. The highest BCUT2D eigenvalue weighted by molar-refractivity contribution is 7.99. The number of thioether (sulfide) groups is 1. The smallest absolute Gasteiger partial charge is 0.338 e. The molecule has 0 bridgehead atoms. The minimum atomic E-state index is -0.387. The van der Waals surface area contributed by atoms with E-state index in [-0.39, 0.29) is 17.6 Å². The second-order valence-corrected chi connectivity index (χ2v) is 7.96. The molecular weight excluding hydrogens is 440 g/mol. The number of imidazole rings is 1. The number of rotatable bonds is 8. The SMILES string of the molecule is CCOC(=O)c1ccc(NC(=O)CSc2ccc3nc(-c4ccc(OC)cc4)cn3n2)cc1. The molecule has 0 fully saturated rings. The highest BCUT2D eigenvalue weighted by Gasteiger charge is 2.10. The fraction of sp³-hybridized carbons (Fsp3) is 0.167. The van der Waals surface area contributed by atoms with Gasteiger partial charge in [-0.05, 0) is 67.6 Å². The molecular formula is C24H22N4O4S. The van der Waals surface area contributed by atoms with Gasteiger partial charge in [0.2, 0.25) is 5.91 Å². The Balaban J connectivity index is 1.36. The molecule has 1 amide bonds. The number of hydrogen-bond donors (Lipinski definition) is 1. The van der Waals surface area contributed by atoms with Gasteiger partial charge < -0.3 is 14.8 Å². The second-order valence-electron chi connectivity index (χ2n) is 6.96. The van der Waals surface area contributed by atoms with Crippen LogP contribution in [-0.4, -0.2) is 45.9 Å². The number of fused-ring (bicyclic) bond motifs is 1. The first-order valence-corrected chi connectivity index (χ1v) is 11.2. The average Bonchev–Trinajstić information content (AvgIpc) is 3.27. The van der Waals surface area contributed by atoms with Crippen LogP contribution in [0.2, 0.25) is 0 Å². The number of carbonyl (C=O) groups is 2. The maximum Gasteiger partial charge on any atom is 0.338 e. The van der Waals surface area contributed by atoms with Crippen LogP contribution in [0.1, 0.15) is 17.3 Å². The highest BCUT2D eigenvalue weighted by atomic mass is 32.2. The molecule has 8 nitrogen and oxygen atoms in total. The maximum atomic E-state index is 12.3. The van der Waals surface area contributed by atoms with E-state index in [2.05, 4.69) is 15.4 Å². The van der Waals surface area contributed by atoms with Crippen molar-refractivity contribution in [3.8, 4) is 17.0 Å². The summed E-state index contributed by atoms with van der Waals surface area (Å²) in [5, 5.41) is 8.06. The Labute approximate surface area is 194 Å². The van der Waals surface area contributed by atoms with Crippen molar-refractivity contribution in [2.24, 2.45) is 0 Å². The normalized spacial score (nSPS) is 10.7. The molecule has 9 heteroatoms. The molecule has 1 N–H and O–H groups in total. The Morgan fingerprint density at radius 1 is 1.03 bits per heavy atom. The molecule has 4 rings (SSSR count). The first kappa shape index (κ1) is 22.3. The topological polar surface area (TPSA) is 94.8 Å². The minimum absolute atomic E-state index is 0.171. The molecule has 0 saturated carbocycles. The summed E-state index contributed by atoms with van der Waals surface area (Å²) in [6, 6.07) is 18.0. The van der Waals surface area contributed by atoms with E-state index in [0.717, 1.165) is 22.7 Å². The Morgan fingerprint density at radius 3 is 2.48 bits per heavy atom. The van der Waals surface area contributed by atoms with E-state index in [1.54, 1.807) is 42.8 Å². The lowest BCUT2D eigenvalue weighted by atomic mass is 10.2. The zero-order valence-corrected chi connectivity index (χ0v) is 19.0. The standard InChI is InChI=1S/C24H22N4O4S/c1-3-32-24(30)17-4-8-18(9-5-17)25-22(29)15-33-23-13-12-21-26-20(14-28(21)27-23)16-6-10-19(31-2)11-7-16/h4-14H,3,15H2,1-2H3,(H,25,29). The van der Waals surface area contributed by atoms with Crippen molar-refractivity contribution in [2.45, 2.75) is 11.9 Å². The molecule has 0 atom stereocenters. The number of carbonyl (C=O) groups excluding carboxylic acids is 2. The van der Waals surface area contributed by atoms with Crippen molar-refractivity contribution < 1.29 is 19.1 Å². The fourth-order valence-corrected chi connectivity index (χ4v) is 3.74. The summed E-state index contributed by atoms with van der Waals surface area (Å²) in [7, 11) is 1.63. The number of ether oxygens (including phenoxy) is 2. The van der Waals surface area contributed by atoms with Gasteiger partial charge in [0.05, 0.1) is 36.9 Å². The third kappa shape index (κ3) is 5.50. The van der Waals surface area contributed by atoms with E-state index < -0.39 is 0 Å². The summed E-state index contributed by atoms with van der Waals surface area (Å²) in [5.74, 6) is 0.419. The molecule has 0 aliphatic rings. The van der Waals surface area contributed by atoms with Crippen molar-refractivity contribution in [3.63, 3.8) is 0 Å². The van der Waals surface area contributed by atoms with Crippen LogP contribution in [0.25, 0.3) is 16.9 Å². The quantitative estimate of drug-likeness (QED) is 0.308. The van der Waals surface area contributed by atoms with Crippen LogP contribution in [0.5, 0.6) is 5.75 Å². The van der Waals surface area contributed by atoms with Crippen LogP contribution in [0.4, 0.5) is 5.69 Å². The van der Waals surface area contributed by atoms with Crippen LogP contribution >= 0.6 is 11.8 Å². The number of nitrogens with zero attached hydrogens (tertiary/aromatic N) is 3. The molecule has 2 aromatic heterocycles. The first-order valence-electron chi connectivity index (χ1n) is 10.3. The first-order chi connectivity index (χ1) is 16.1. The van der Waals surface area contributed by atoms with Gasteiger partial charge >= 0.3 is 5.97 Å². The zero-order valence-electron chi connectivity index (χ0n) is 18.1. The van der Waals surface area contributed by atoms with Gasteiger partial charge in [-0.15, -0.1) is 0 Å². The monoisotopic (exact) mass is 462 g/mol. The number of hydrogen-bond acceptors (Lipinski definition) is 7. The molecule has 2 aromatic carbocycles. The van der Waals surface area contributed by atoms with Crippen LogP contribution in [0.3, 0.4) is 0 Å². The van der Waals surface area contributed by atoms with Gasteiger partial charge in [0, 0.05) is 11.3 Å². The number of nitrogens with one attached hydrogen (secondary N) is 1. The lowest BCUT2D eigenvalue weighted by molar-refractivity contribution is -0.113. The summed E-state index contributed by atoms with van der Waals surface area (Å²) in [6.45, 7) is 2.07. The molecule has 168 valence electrons. The van der Waals surface area contributed by atoms with Crippen molar-refractivity contribution >= 4 is 35.0 Å². The Morgan fingerprint density at radius 2 is 1.79 bits per heavy atom. The maximum absolute atomic E-state index is 12.3. The van der Waals surface area contributed by atoms with E-state index in [1.807, 2.05) is 42.6 Å². The predicted octanol–water partition coefficient (Wildman–Crippen LogP) is 4.31. The van der Waals surface area contributed by atoms with E-state index in [9.17, 15) is 9.59 Å². The molecule has 2 heterocycles. The molecule has 4 aromatic rings. The highest BCUT2D eigenvalue weighted by Crippen LogP contribution is 2.23. The fourth-order valence-electron chi connectivity index (χ4n) is 3.08. The number of esters is 1. The van der Waals surface area contributed by atoms with Crippen LogP contribution in [0, 0.1) is 0 Å². The minimum Gasteiger partial charge on any atom is -0.497 e. The largest absolute Gasteiger partial charge is 0.497 e. The molecule has 0 saturated heterocycles. The lowest BCUT2D eigenvalue weighted by Gasteiger charge is -2.06. The molecule has 0 spiro atoms. The lowest BCUT2D eigenvalue weighted by Crippen LogP contribution is -2.14. The van der Waals surface area contributed by atoms with Gasteiger partial charge in [0.25, 0.3) is 0 Å². The number of anilines is 1. The number of benzene rings is 2. The van der Waals surface area contributed by atoms with Gasteiger partial charge in [-0.2, -0.15) is 5.10 Å². The van der Waals surface area contributed by atoms with E-state index >= 15 is 0 Å². The van der Waals surface area contributed by atoms with Crippen LogP contribution in [-0.2, 0) is 9.53 Å².